The van der Waals surface area contributed by atoms with Crippen molar-refractivity contribution in [2.75, 3.05) is 7.11 Å². The lowest BCUT2D eigenvalue weighted by atomic mass is 9.87. The smallest absolute Gasteiger partial charge is 0.306 e. The quantitative estimate of drug-likeness (QED) is 0.709. The number of phenolic OH excluding ortho intramolecular Hbond substituents is 1. The Morgan fingerprint density at radius 1 is 1.38 bits per heavy atom. The molecule has 0 bridgehead atoms. The number of aromatic nitrogens is 2. The number of carbonyl (C=O) groups excluding carboxylic acids is 1. The van der Waals surface area contributed by atoms with Gasteiger partial charge in [-0.15, -0.1) is 0 Å². The van der Waals surface area contributed by atoms with Gasteiger partial charge in [-0.25, -0.2) is 4.39 Å². The van der Waals surface area contributed by atoms with Gasteiger partial charge in [0.2, 0.25) is 0 Å². The number of hydrogen-bond acceptors (Lipinski definition) is 6. The number of carbonyl (C=O) groups is 1. The Labute approximate surface area is 146 Å². The number of halogens is 2. The monoisotopic (exact) mass is 366 g/mol. The normalized spacial score (nSPS) is 12.3. The van der Waals surface area contributed by atoms with Crippen LogP contribution in [0.4, 0.5) is 4.39 Å². The first-order valence-electron chi connectivity index (χ1n) is 6.97. The minimum absolute atomic E-state index is 0.0236. The van der Waals surface area contributed by atoms with E-state index in [1.807, 2.05) is 0 Å². The van der Waals surface area contributed by atoms with Crippen molar-refractivity contribution >= 4 is 40.3 Å². The van der Waals surface area contributed by atoms with Gasteiger partial charge in [0, 0.05) is 11.5 Å². The van der Waals surface area contributed by atoms with E-state index in [9.17, 15) is 14.3 Å². The second kappa shape index (κ2) is 6.70. The van der Waals surface area contributed by atoms with Crippen LogP contribution in [0.2, 0.25) is 5.02 Å². The molecule has 3 rings (SSSR count). The summed E-state index contributed by atoms with van der Waals surface area (Å²) in [7, 11) is 1.28. The molecule has 0 fully saturated rings. The van der Waals surface area contributed by atoms with Crippen molar-refractivity contribution in [3.63, 3.8) is 0 Å². The fourth-order valence-corrected chi connectivity index (χ4v) is 3.31. The molecule has 8 heteroatoms. The molecular formula is C16H12ClFN2O3S. The third-order valence-electron chi connectivity index (χ3n) is 3.74. The van der Waals surface area contributed by atoms with Gasteiger partial charge in [0.05, 0.1) is 30.3 Å². The standard InChI is InChI=1S/C16H12ClFN2O3S/c1-23-14(22)7-9(8-2-3-11(18)10(17)6-8)15-13(21)5-4-12-16(15)20-24-19-12/h2-6,9,21H,7H2,1H3. The number of methoxy groups -OCH3 is 1. The van der Waals surface area contributed by atoms with E-state index in [0.29, 0.717) is 22.2 Å². The molecule has 1 N–H and O–H groups in total. The number of hydrogen-bond donors (Lipinski definition) is 1. The van der Waals surface area contributed by atoms with Crippen LogP contribution in [-0.2, 0) is 9.53 Å². The zero-order valence-electron chi connectivity index (χ0n) is 12.5. The molecule has 24 heavy (non-hydrogen) atoms. The Bertz CT molecular complexity index is 915. The van der Waals surface area contributed by atoms with Crippen LogP contribution in [0, 0.1) is 5.82 Å². The Balaban J connectivity index is 2.20. The number of nitrogens with zero attached hydrogens (tertiary/aromatic N) is 2. The predicted molar refractivity (Wildman–Crippen MR) is 89.0 cm³/mol. The summed E-state index contributed by atoms with van der Waals surface area (Å²) in [5.41, 5.74) is 2.11. The summed E-state index contributed by atoms with van der Waals surface area (Å²) in [5, 5.41) is 10.3. The minimum atomic E-state index is -0.594. The van der Waals surface area contributed by atoms with Crippen molar-refractivity contribution in [3.05, 3.63) is 52.3 Å². The predicted octanol–water partition coefficient (Wildman–Crippen LogP) is 3.88. The van der Waals surface area contributed by atoms with Crippen LogP contribution in [0.5, 0.6) is 5.75 Å². The van der Waals surface area contributed by atoms with Gasteiger partial charge in [0.1, 0.15) is 22.6 Å². The minimum Gasteiger partial charge on any atom is -0.508 e. The van der Waals surface area contributed by atoms with Gasteiger partial charge in [-0.3, -0.25) is 4.79 Å². The van der Waals surface area contributed by atoms with Gasteiger partial charge < -0.3 is 9.84 Å². The Morgan fingerprint density at radius 3 is 2.88 bits per heavy atom. The number of phenols is 1. The molecule has 1 atom stereocenters. The first-order chi connectivity index (χ1) is 11.5. The van der Waals surface area contributed by atoms with Crippen molar-refractivity contribution in [2.24, 2.45) is 0 Å². The molecule has 1 aromatic heterocycles. The first kappa shape index (κ1) is 16.6. The number of ether oxygens (including phenoxy) is 1. The van der Waals surface area contributed by atoms with Gasteiger partial charge in [-0.2, -0.15) is 8.75 Å². The molecule has 3 aromatic rings. The molecule has 0 aliphatic rings. The lowest BCUT2D eigenvalue weighted by Crippen LogP contribution is -2.11. The van der Waals surface area contributed by atoms with Crippen LogP contribution in [0.15, 0.2) is 30.3 Å². The summed E-state index contributed by atoms with van der Waals surface area (Å²) in [6.45, 7) is 0. The highest BCUT2D eigenvalue weighted by Crippen LogP contribution is 2.39. The molecule has 0 aliphatic carbocycles. The lowest BCUT2D eigenvalue weighted by molar-refractivity contribution is -0.140. The average Bonchev–Trinajstić information content (AvgIpc) is 3.04. The van der Waals surface area contributed by atoms with Crippen LogP contribution in [-0.4, -0.2) is 26.9 Å². The molecule has 0 radical (unpaired) electrons. The average molecular weight is 367 g/mol. The van der Waals surface area contributed by atoms with E-state index in [-0.39, 0.29) is 17.2 Å². The highest BCUT2D eigenvalue weighted by atomic mass is 35.5. The van der Waals surface area contributed by atoms with Gasteiger partial charge >= 0.3 is 5.97 Å². The van der Waals surface area contributed by atoms with Crippen LogP contribution in [0.3, 0.4) is 0 Å². The van der Waals surface area contributed by atoms with Gasteiger partial charge in [-0.1, -0.05) is 17.7 Å². The molecule has 0 amide bonds. The molecule has 5 nitrogen and oxygen atoms in total. The summed E-state index contributed by atoms with van der Waals surface area (Å²) in [6.07, 6.45) is -0.0529. The Kier molecular flexibility index (Phi) is 4.64. The van der Waals surface area contributed by atoms with E-state index in [1.54, 1.807) is 6.07 Å². The van der Waals surface area contributed by atoms with Crippen LogP contribution >= 0.6 is 23.3 Å². The molecule has 0 aliphatic heterocycles. The fraction of sp³-hybridized carbons (Fsp3) is 0.188. The zero-order valence-corrected chi connectivity index (χ0v) is 14.1. The maximum Gasteiger partial charge on any atom is 0.306 e. The number of fused-ring (bicyclic) bond motifs is 1. The molecule has 0 saturated heterocycles. The summed E-state index contributed by atoms with van der Waals surface area (Å²) < 4.78 is 26.6. The van der Waals surface area contributed by atoms with Crippen molar-refractivity contribution in [1.29, 1.82) is 0 Å². The number of benzene rings is 2. The molecule has 0 saturated carbocycles. The topological polar surface area (TPSA) is 72.3 Å². The third kappa shape index (κ3) is 3.05. The third-order valence-corrected chi connectivity index (χ3v) is 4.57. The molecule has 1 heterocycles. The highest BCUT2D eigenvalue weighted by Gasteiger charge is 2.26. The van der Waals surface area contributed by atoms with Crippen molar-refractivity contribution in [2.45, 2.75) is 12.3 Å². The van der Waals surface area contributed by atoms with E-state index in [1.165, 1.54) is 31.4 Å². The number of aromatic hydroxyl groups is 1. The van der Waals surface area contributed by atoms with Crippen molar-refractivity contribution in [3.8, 4) is 5.75 Å². The van der Waals surface area contributed by atoms with Crippen molar-refractivity contribution in [1.82, 2.24) is 8.75 Å². The van der Waals surface area contributed by atoms with E-state index in [0.717, 1.165) is 11.7 Å². The van der Waals surface area contributed by atoms with Crippen molar-refractivity contribution < 1.29 is 19.0 Å². The summed E-state index contributed by atoms with van der Waals surface area (Å²) in [5.74, 6) is -1.65. The van der Waals surface area contributed by atoms with Crippen LogP contribution in [0.25, 0.3) is 11.0 Å². The van der Waals surface area contributed by atoms with E-state index in [2.05, 4.69) is 8.75 Å². The van der Waals surface area contributed by atoms with Gasteiger partial charge in [0.25, 0.3) is 0 Å². The summed E-state index contributed by atoms with van der Waals surface area (Å²) in [6, 6.07) is 7.31. The molecular weight excluding hydrogens is 355 g/mol. The second-order valence-corrected chi connectivity index (χ2v) is 6.07. The van der Waals surface area contributed by atoms with Crippen LogP contribution < -0.4 is 0 Å². The zero-order chi connectivity index (χ0) is 17.3. The van der Waals surface area contributed by atoms with E-state index in [4.69, 9.17) is 16.3 Å². The van der Waals surface area contributed by atoms with Gasteiger partial charge in [0.15, 0.2) is 0 Å². The highest BCUT2D eigenvalue weighted by molar-refractivity contribution is 7.00. The largest absolute Gasteiger partial charge is 0.508 e. The maximum atomic E-state index is 13.5. The SMILES string of the molecule is COC(=O)CC(c1ccc(F)c(Cl)c1)c1c(O)ccc2nsnc12. The Hall–Kier alpha value is -2.25. The number of rotatable bonds is 4. The summed E-state index contributed by atoms with van der Waals surface area (Å²) >= 11 is 6.88. The second-order valence-electron chi connectivity index (χ2n) is 5.14. The molecule has 124 valence electrons. The number of esters is 1. The molecule has 2 aromatic carbocycles. The fourth-order valence-electron chi connectivity index (χ4n) is 2.57. The molecule has 1 unspecified atom stereocenters. The lowest BCUT2D eigenvalue weighted by Gasteiger charge is -2.18. The van der Waals surface area contributed by atoms with Crippen LogP contribution in [0.1, 0.15) is 23.5 Å². The summed E-state index contributed by atoms with van der Waals surface area (Å²) in [4.78, 5) is 11.9. The Morgan fingerprint density at radius 2 is 2.17 bits per heavy atom. The van der Waals surface area contributed by atoms with E-state index >= 15 is 0 Å². The maximum absolute atomic E-state index is 13.5. The van der Waals surface area contributed by atoms with Gasteiger partial charge in [-0.05, 0) is 29.8 Å². The van der Waals surface area contributed by atoms with E-state index < -0.39 is 17.7 Å². The molecule has 0 spiro atoms. The first-order valence-corrected chi connectivity index (χ1v) is 8.08.